The number of hydrogen-bond acceptors (Lipinski definition) is 2. The molecule has 0 aliphatic rings. The minimum absolute atomic E-state index is 0.0428. The van der Waals surface area contributed by atoms with Crippen LogP contribution < -0.4 is 5.73 Å². The van der Waals surface area contributed by atoms with E-state index in [9.17, 15) is 4.79 Å². The Hall–Kier alpha value is -2.07. The molecule has 1 aromatic heterocycles. The molecule has 1 heterocycles. The maximum Gasteiger partial charge on any atom is 0.259 e. The monoisotopic (exact) mass is 405 g/mol. The lowest BCUT2D eigenvalue weighted by molar-refractivity contribution is -0.114. The molecule has 0 aliphatic carbocycles. The highest BCUT2D eigenvalue weighted by Crippen LogP contribution is 2.24. The zero-order valence-electron chi connectivity index (χ0n) is 12.6. The topological polar surface area (TPSA) is 71.8 Å². The first-order valence-electron chi connectivity index (χ1n) is 6.72. The molecular formula is C17H16IN3O. The van der Waals surface area contributed by atoms with E-state index in [4.69, 9.17) is 11.0 Å². The Morgan fingerprint density at radius 3 is 2.55 bits per heavy atom. The van der Waals surface area contributed by atoms with Crippen LogP contribution >= 0.6 is 22.6 Å². The molecular weight excluding hydrogens is 389 g/mol. The Kier molecular flexibility index (Phi) is 4.71. The molecule has 0 bridgehead atoms. The van der Waals surface area contributed by atoms with Crippen molar-refractivity contribution >= 4 is 34.6 Å². The zero-order valence-corrected chi connectivity index (χ0v) is 14.8. The third-order valence-electron chi connectivity index (χ3n) is 3.57. The number of halogens is 1. The van der Waals surface area contributed by atoms with Crippen molar-refractivity contribution in [1.82, 2.24) is 4.57 Å². The molecule has 2 N–H and O–H groups in total. The van der Waals surface area contributed by atoms with Crippen molar-refractivity contribution in [3.63, 3.8) is 0 Å². The third-order valence-corrected chi connectivity index (χ3v) is 4.73. The lowest BCUT2D eigenvalue weighted by Crippen LogP contribution is -2.12. The largest absolute Gasteiger partial charge is 0.365 e. The SMILES string of the molecule is Cc1ccc(-n2c(C)cc(C=C(C#N)C(N)=O)c2C)cc1I. The summed E-state index contributed by atoms with van der Waals surface area (Å²) in [6, 6.07) is 10.0. The van der Waals surface area contributed by atoms with E-state index in [0.717, 1.165) is 22.6 Å². The molecule has 0 saturated carbocycles. The van der Waals surface area contributed by atoms with Crippen LogP contribution in [-0.2, 0) is 4.79 Å². The predicted octanol–water partition coefficient (Wildman–Crippen LogP) is 3.40. The van der Waals surface area contributed by atoms with E-state index in [1.165, 1.54) is 9.13 Å². The standard InChI is InChI=1S/C17H16IN3O/c1-10-4-5-15(8-16(10)18)21-11(2)6-13(12(21)3)7-14(9-19)17(20)22/h4-8H,1-3H3,(H2,20,22). The molecule has 0 saturated heterocycles. The summed E-state index contributed by atoms with van der Waals surface area (Å²) in [5.74, 6) is -0.711. The fourth-order valence-electron chi connectivity index (χ4n) is 2.37. The van der Waals surface area contributed by atoms with Crippen molar-refractivity contribution < 1.29 is 4.79 Å². The van der Waals surface area contributed by atoms with Crippen LogP contribution in [0.3, 0.4) is 0 Å². The number of aryl methyl sites for hydroxylation is 2. The van der Waals surface area contributed by atoms with Gasteiger partial charge in [0.05, 0.1) is 0 Å². The molecule has 5 heteroatoms. The van der Waals surface area contributed by atoms with Gasteiger partial charge in [-0.25, -0.2) is 0 Å². The van der Waals surface area contributed by atoms with E-state index < -0.39 is 5.91 Å². The summed E-state index contributed by atoms with van der Waals surface area (Å²) < 4.78 is 3.29. The van der Waals surface area contributed by atoms with Gasteiger partial charge < -0.3 is 10.3 Å². The molecule has 112 valence electrons. The van der Waals surface area contributed by atoms with Gasteiger partial charge in [-0.1, -0.05) is 6.07 Å². The molecule has 2 rings (SSSR count). The molecule has 0 unspecified atom stereocenters. The highest BCUT2D eigenvalue weighted by atomic mass is 127. The summed E-state index contributed by atoms with van der Waals surface area (Å²) in [6.07, 6.45) is 1.54. The third kappa shape index (κ3) is 3.07. The Labute approximate surface area is 143 Å². The number of hydrogen-bond donors (Lipinski definition) is 1. The van der Waals surface area contributed by atoms with Crippen LogP contribution in [0.4, 0.5) is 0 Å². The summed E-state index contributed by atoms with van der Waals surface area (Å²) in [5, 5.41) is 8.98. The fraction of sp³-hybridized carbons (Fsp3) is 0.176. The summed E-state index contributed by atoms with van der Waals surface area (Å²) >= 11 is 2.31. The number of nitrogens with two attached hydrogens (primary N) is 1. The Morgan fingerprint density at radius 1 is 1.32 bits per heavy atom. The number of rotatable bonds is 3. The van der Waals surface area contributed by atoms with Crippen LogP contribution in [0.25, 0.3) is 11.8 Å². The van der Waals surface area contributed by atoms with Crippen LogP contribution in [0.15, 0.2) is 29.8 Å². The second-order valence-corrected chi connectivity index (χ2v) is 6.29. The van der Waals surface area contributed by atoms with E-state index in [1.807, 2.05) is 26.0 Å². The van der Waals surface area contributed by atoms with Crippen LogP contribution in [0.1, 0.15) is 22.5 Å². The minimum atomic E-state index is -0.711. The van der Waals surface area contributed by atoms with E-state index in [1.54, 1.807) is 6.08 Å². The molecule has 4 nitrogen and oxygen atoms in total. The van der Waals surface area contributed by atoms with Gasteiger partial charge >= 0.3 is 0 Å². The van der Waals surface area contributed by atoms with E-state index >= 15 is 0 Å². The maximum atomic E-state index is 11.2. The van der Waals surface area contributed by atoms with Gasteiger partial charge in [-0.05, 0) is 78.8 Å². The zero-order chi connectivity index (χ0) is 16.4. The Bertz CT molecular complexity index is 825. The molecule has 0 spiro atoms. The normalized spacial score (nSPS) is 11.3. The molecule has 0 aliphatic heterocycles. The summed E-state index contributed by atoms with van der Waals surface area (Å²) in [5.41, 5.74) is 10.3. The first-order chi connectivity index (χ1) is 10.3. The van der Waals surface area contributed by atoms with Gasteiger partial charge in [0.15, 0.2) is 0 Å². The second kappa shape index (κ2) is 6.36. The van der Waals surface area contributed by atoms with Gasteiger partial charge in [-0.15, -0.1) is 0 Å². The maximum absolute atomic E-state index is 11.2. The number of nitrogens with zero attached hydrogens (tertiary/aromatic N) is 2. The van der Waals surface area contributed by atoms with Gasteiger partial charge in [0.1, 0.15) is 11.6 Å². The number of nitriles is 1. The number of aromatic nitrogens is 1. The number of primary amides is 1. The summed E-state index contributed by atoms with van der Waals surface area (Å²) in [4.78, 5) is 11.2. The average Bonchev–Trinajstić information content (AvgIpc) is 2.73. The molecule has 2 aromatic rings. The van der Waals surface area contributed by atoms with E-state index in [0.29, 0.717) is 0 Å². The first kappa shape index (κ1) is 16.3. The highest BCUT2D eigenvalue weighted by molar-refractivity contribution is 14.1. The van der Waals surface area contributed by atoms with Gasteiger partial charge in [0, 0.05) is 20.6 Å². The lowest BCUT2D eigenvalue weighted by Gasteiger charge is -2.11. The number of carbonyl (C=O) groups excluding carboxylic acids is 1. The number of amides is 1. The molecule has 0 fully saturated rings. The van der Waals surface area contributed by atoms with Gasteiger partial charge in [0.2, 0.25) is 0 Å². The van der Waals surface area contributed by atoms with E-state index in [-0.39, 0.29) is 5.57 Å². The van der Waals surface area contributed by atoms with Gasteiger partial charge in [-0.3, -0.25) is 4.79 Å². The number of carbonyl (C=O) groups is 1. The summed E-state index contributed by atoms with van der Waals surface area (Å²) in [6.45, 7) is 6.02. The average molecular weight is 405 g/mol. The van der Waals surface area contributed by atoms with E-state index in [2.05, 4.69) is 52.3 Å². The van der Waals surface area contributed by atoms with Crippen molar-refractivity contribution in [2.75, 3.05) is 0 Å². The molecule has 1 amide bonds. The lowest BCUT2D eigenvalue weighted by atomic mass is 10.1. The fourth-order valence-corrected chi connectivity index (χ4v) is 2.86. The molecule has 22 heavy (non-hydrogen) atoms. The van der Waals surface area contributed by atoms with Gasteiger partial charge in [0.25, 0.3) is 5.91 Å². The minimum Gasteiger partial charge on any atom is -0.365 e. The van der Waals surface area contributed by atoms with Crippen molar-refractivity contribution in [2.45, 2.75) is 20.8 Å². The highest BCUT2D eigenvalue weighted by Gasteiger charge is 2.12. The van der Waals surface area contributed by atoms with Crippen LogP contribution in [0.5, 0.6) is 0 Å². The van der Waals surface area contributed by atoms with Crippen molar-refractivity contribution in [3.8, 4) is 11.8 Å². The number of benzene rings is 1. The molecule has 0 atom stereocenters. The van der Waals surface area contributed by atoms with Gasteiger partial charge in [-0.2, -0.15) is 5.26 Å². The quantitative estimate of drug-likeness (QED) is 0.483. The molecule has 1 aromatic carbocycles. The van der Waals surface area contributed by atoms with Crippen molar-refractivity contribution in [1.29, 1.82) is 5.26 Å². The first-order valence-corrected chi connectivity index (χ1v) is 7.80. The van der Waals surface area contributed by atoms with Crippen LogP contribution in [-0.4, -0.2) is 10.5 Å². The van der Waals surface area contributed by atoms with Crippen molar-refractivity contribution in [3.05, 3.63) is 55.9 Å². The Morgan fingerprint density at radius 2 is 2.00 bits per heavy atom. The van der Waals surface area contributed by atoms with Crippen molar-refractivity contribution in [2.24, 2.45) is 5.73 Å². The second-order valence-electron chi connectivity index (χ2n) is 5.13. The van der Waals surface area contributed by atoms with Crippen LogP contribution in [0, 0.1) is 35.7 Å². The van der Waals surface area contributed by atoms with Crippen LogP contribution in [0.2, 0.25) is 0 Å². The summed E-state index contributed by atoms with van der Waals surface area (Å²) in [7, 11) is 0. The Balaban J connectivity index is 2.59. The molecule has 0 radical (unpaired) electrons. The smallest absolute Gasteiger partial charge is 0.259 e. The predicted molar refractivity (Wildman–Crippen MR) is 95.5 cm³/mol.